The average molecular weight is 263 g/mol. The number of phenolic OH excluding ortho intramolecular Hbond substituents is 1. The van der Waals surface area contributed by atoms with Crippen molar-refractivity contribution in [2.24, 2.45) is 11.8 Å². The Balaban J connectivity index is 1.83. The van der Waals surface area contributed by atoms with Crippen molar-refractivity contribution in [3.63, 3.8) is 0 Å². The normalized spacial score (nSPS) is 23.5. The lowest BCUT2D eigenvalue weighted by atomic mass is 9.79. The van der Waals surface area contributed by atoms with Crippen LogP contribution in [0.2, 0.25) is 0 Å². The molecule has 0 amide bonds. The van der Waals surface area contributed by atoms with Gasteiger partial charge in [0.1, 0.15) is 12.5 Å². The Hall–Kier alpha value is -1.22. The molecular formula is C16H25NO2. The van der Waals surface area contributed by atoms with Crippen LogP contribution in [0.25, 0.3) is 0 Å². The van der Waals surface area contributed by atoms with Gasteiger partial charge in [0.05, 0.1) is 11.8 Å². The number of aromatic hydroxyl groups is 1. The van der Waals surface area contributed by atoms with Gasteiger partial charge in [0.2, 0.25) is 0 Å². The fraction of sp³-hybridized carbons (Fsp3) is 0.625. The minimum absolute atomic E-state index is 0.273. The molecule has 1 aromatic carbocycles. The van der Waals surface area contributed by atoms with E-state index in [1.54, 1.807) is 6.07 Å². The zero-order valence-corrected chi connectivity index (χ0v) is 11.9. The number of benzene rings is 1. The molecule has 0 bridgehead atoms. The highest BCUT2D eigenvalue weighted by atomic mass is 16.5. The smallest absolute Gasteiger partial charge is 0.138 e. The third-order valence-corrected chi connectivity index (χ3v) is 4.07. The lowest BCUT2D eigenvalue weighted by molar-refractivity contribution is -0.0174. The molecular weight excluding hydrogens is 238 g/mol. The number of hydrogen-bond donors (Lipinski definition) is 2. The summed E-state index contributed by atoms with van der Waals surface area (Å²) in [6.45, 7) is 5.02. The first-order chi connectivity index (χ1) is 9.18. The van der Waals surface area contributed by atoms with E-state index < -0.39 is 0 Å². The molecule has 0 radical (unpaired) electrons. The van der Waals surface area contributed by atoms with Gasteiger partial charge < -0.3 is 15.2 Å². The van der Waals surface area contributed by atoms with Gasteiger partial charge in [0.15, 0.2) is 0 Å². The number of rotatable bonds is 5. The quantitative estimate of drug-likeness (QED) is 0.623. The number of phenols is 1. The molecule has 0 saturated heterocycles. The van der Waals surface area contributed by atoms with Gasteiger partial charge in [-0.05, 0) is 36.8 Å². The van der Waals surface area contributed by atoms with E-state index in [2.05, 4.69) is 19.2 Å². The number of para-hydroxylation sites is 2. The zero-order chi connectivity index (χ0) is 13.7. The topological polar surface area (TPSA) is 41.5 Å². The monoisotopic (exact) mass is 263 g/mol. The molecule has 19 heavy (non-hydrogen) atoms. The molecule has 3 heteroatoms. The van der Waals surface area contributed by atoms with Gasteiger partial charge in [-0.3, -0.25) is 0 Å². The van der Waals surface area contributed by atoms with Gasteiger partial charge in [0, 0.05) is 0 Å². The van der Waals surface area contributed by atoms with E-state index in [1.807, 2.05) is 18.2 Å². The van der Waals surface area contributed by atoms with Crippen molar-refractivity contribution in [3.05, 3.63) is 24.3 Å². The highest BCUT2D eigenvalue weighted by Crippen LogP contribution is 2.32. The molecule has 0 aromatic heterocycles. The van der Waals surface area contributed by atoms with Crippen LogP contribution >= 0.6 is 0 Å². The number of anilines is 1. The van der Waals surface area contributed by atoms with Crippen LogP contribution in [-0.2, 0) is 4.74 Å². The number of ether oxygens (including phenoxy) is 1. The third-order valence-electron chi connectivity index (χ3n) is 4.07. The van der Waals surface area contributed by atoms with Gasteiger partial charge in [-0.25, -0.2) is 0 Å². The number of hydrogen-bond acceptors (Lipinski definition) is 3. The summed E-state index contributed by atoms with van der Waals surface area (Å²) in [5.41, 5.74) is 0.736. The predicted octanol–water partition coefficient (Wildman–Crippen LogP) is 3.99. The SMILES string of the molecule is CC(C)C1CCCCC1OCNc1ccccc1O. The molecule has 1 aromatic rings. The van der Waals surface area contributed by atoms with Crippen LogP contribution in [0.4, 0.5) is 5.69 Å². The summed E-state index contributed by atoms with van der Waals surface area (Å²) in [5.74, 6) is 1.62. The first-order valence-corrected chi connectivity index (χ1v) is 7.32. The third kappa shape index (κ3) is 3.87. The molecule has 0 spiro atoms. The standard InChI is InChI=1S/C16H25NO2/c1-12(2)13-7-3-6-10-16(13)19-11-17-14-8-4-5-9-15(14)18/h4-5,8-9,12-13,16-18H,3,6-7,10-11H2,1-2H3. The van der Waals surface area contributed by atoms with Crippen molar-refractivity contribution in [2.75, 3.05) is 12.0 Å². The fourth-order valence-corrected chi connectivity index (χ4v) is 2.94. The molecule has 0 heterocycles. The van der Waals surface area contributed by atoms with Gasteiger partial charge >= 0.3 is 0 Å². The molecule has 2 atom stereocenters. The second kappa shape index (κ2) is 6.80. The van der Waals surface area contributed by atoms with Crippen LogP contribution in [-0.4, -0.2) is 17.9 Å². The molecule has 3 nitrogen and oxygen atoms in total. The lowest BCUT2D eigenvalue weighted by Crippen LogP contribution is -2.32. The molecule has 2 unspecified atom stereocenters. The van der Waals surface area contributed by atoms with Crippen molar-refractivity contribution >= 4 is 5.69 Å². The minimum atomic E-state index is 0.273. The van der Waals surface area contributed by atoms with Crippen LogP contribution in [0.15, 0.2) is 24.3 Å². The van der Waals surface area contributed by atoms with Crippen molar-refractivity contribution in [1.82, 2.24) is 0 Å². The molecule has 106 valence electrons. The second-order valence-corrected chi connectivity index (χ2v) is 5.74. The van der Waals surface area contributed by atoms with Gasteiger partial charge in [-0.15, -0.1) is 0 Å². The molecule has 1 fully saturated rings. The maximum Gasteiger partial charge on any atom is 0.138 e. The summed E-state index contributed by atoms with van der Waals surface area (Å²) in [5, 5.41) is 12.8. The summed E-state index contributed by atoms with van der Waals surface area (Å²) >= 11 is 0. The van der Waals surface area contributed by atoms with Crippen LogP contribution in [0, 0.1) is 11.8 Å². The Kier molecular flexibility index (Phi) is 5.08. The van der Waals surface area contributed by atoms with Gasteiger partial charge in [0.25, 0.3) is 0 Å². The average Bonchev–Trinajstić information content (AvgIpc) is 2.41. The fourth-order valence-electron chi connectivity index (χ4n) is 2.94. The van der Waals surface area contributed by atoms with E-state index in [0.717, 1.165) is 12.1 Å². The molecule has 1 saturated carbocycles. The Morgan fingerprint density at radius 1 is 1.26 bits per heavy atom. The molecule has 2 rings (SSSR count). The van der Waals surface area contributed by atoms with Crippen molar-refractivity contribution in [3.8, 4) is 5.75 Å². The van der Waals surface area contributed by atoms with Crippen LogP contribution < -0.4 is 5.32 Å². The summed E-state index contributed by atoms with van der Waals surface area (Å²) in [7, 11) is 0. The van der Waals surface area contributed by atoms with Gasteiger partial charge in [-0.2, -0.15) is 0 Å². The predicted molar refractivity (Wildman–Crippen MR) is 78.3 cm³/mol. The van der Waals surface area contributed by atoms with Crippen molar-refractivity contribution < 1.29 is 9.84 Å². The van der Waals surface area contributed by atoms with Crippen molar-refractivity contribution in [2.45, 2.75) is 45.6 Å². The van der Waals surface area contributed by atoms with Crippen LogP contribution in [0.1, 0.15) is 39.5 Å². The van der Waals surface area contributed by atoms with E-state index in [4.69, 9.17) is 4.74 Å². The lowest BCUT2D eigenvalue weighted by Gasteiger charge is -2.34. The maximum absolute atomic E-state index is 9.67. The van der Waals surface area contributed by atoms with Crippen molar-refractivity contribution in [1.29, 1.82) is 0 Å². The van der Waals surface area contributed by atoms with E-state index >= 15 is 0 Å². The van der Waals surface area contributed by atoms with Crippen LogP contribution in [0.5, 0.6) is 5.75 Å². The van der Waals surface area contributed by atoms with Crippen LogP contribution in [0.3, 0.4) is 0 Å². The second-order valence-electron chi connectivity index (χ2n) is 5.74. The molecule has 1 aliphatic rings. The largest absolute Gasteiger partial charge is 0.506 e. The Morgan fingerprint density at radius 3 is 2.74 bits per heavy atom. The summed E-state index contributed by atoms with van der Waals surface area (Å²) in [6, 6.07) is 7.26. The number of nitrogens with one attached hydrogen (secondary N) is 1. The molecule has 2 N–H and O–H groups in total. The highest BCUT2D eigenvalue weighted by Gasteiger charge is 2.27. The Morgan fingerprint density at radius 2 is 2.00 bits per heavy atom. The van der Waals surface area contributed by atoms with E-state index in [1.165, 1.54) is 19.3 Å². The highest BCUT2D eigenvalue weighted by molar-refractivity contribution is 5.54. The first kappa shape index (κ1) is 14.2. The zero-order valence-electron chi connectivity index (χ0n) is 11.9. The summed E-state index contributed by atoms with van der Waals surface area (Å²) in [6.07, 6.45) is 5.39. The van der Waals surface area contributed by atoms with E-state index in [-0.39, 0.29) is 5.75 Å². The maximum atomic E-state index is 9.67. The van der Waals surface area contributed by atoms with E-state index in [9.17, 15) is 5.11 Å². The summed E-state index contributed by atoms with van der Waals surface area (Å²) < 4.78 is 5.99. The van der Waals surface area contributed by atoms with Gasteiger partial charge in [-0.1, -0.05) is 38.8 Å². The Labute approximate surface area is 116 Å². The molecule has 0 aliphatic heterocycles. The van der Waals surface area contributed by atoms with E-state index in [0.29, 0.717) is 24.7 Å². The Bertz CT molecular complexity index is 392. The summed E-state index contributed by atoms with van der Waals surface area (Å²) in [4.78, 5) is 0. The minimum Gasteiger partial charge on any atom is -0.506 e. The first-order valence-electron chi connectivity index (χ1n) is 7.32. The molecule has 1 aliphatic carbocycles.